The molecule has 2 rings (SSSR count). The number of hydrogen-bond acceptors (Lipinski definition) is 3. The summed E-state index contributed by atoms with van der Waals surface area (Å²) in [5, 5.41) is 0. The second-order valence-electron chi connectivity index (χ2n) is 5.94. The van der Waals surface area contributed by atoms with Crippen LogP contribution < -0.4 is 5.73 Å². The summed E-state index contributed by atoms with van der Waals surface area (Å²) in [4.78, 5) is 14.5. The van der Waals surface area contributed by atoms with E-state index >= 15 is 0 Å². The van der Waals surface area contributed by atoms with Crippen LogP contribution in [0.1, 0.15) is 51.9 Å². The van der Waals surface area contributed by atoms with Gasteiger partial charge in [0.2, 0.25) is 5.91 Å². The Labute approximate surface area is 116 Å². The highest BCUT2D eigenvalue weighted by molar-refractivity contribution is 5.77. The van der Waals surface area contributed by atoms with Gasteiger partial charge in [0.05, 0.1) is 6.10 Å². The molecule has 0 aromatic carbocycles. The van der Waals surface area contributed by atoms with E-state index < -0.39 is 0 Å². The third-order valence-corrected chi connectivity index (χ3v) is 4.53. The van der Waals surface area contributed by atoms with Crippen molar-refractivity contribution in [2.24, 2.45) is 11.7 Å². The molecule has 1 saturated carbocycles. The minimum atomic E-state index is 0.276. The summed E-state index contributed by atoms with van der Waals surface area (Å²) < 4.78 is 5.55. The first kappa shape index (κ1) is 14.8. The maximum absolute atomic E-state index is 12.4. The summed E-state index contributed by atoms with van der Waals surface area (Å²) in [5.74, 6) is 0.850. The van der Waals surface area contributed by atoms with Gasteiger partial charge in [0, 0.05) is 32.2 Å². The molecule has 1 aliphatic heterocycles. The number of nitrogens with two attached hydrogens (primary N) is 1. The van der Waals surface area contributed by atoms with Crippen LogP contribution in [0.25, 0.3) is 0 Å². The molecular weight excluding hydrogens is 240 g/mol. The van der Waals surface area contributed by atoms with Gasteiger partial charge in [-0.25, -0.2) is 0 Å². The molecule has 110 valence electrons. The number of hydrogen-bond donors (Lipinski definition) is 1. The molecule has 4 heteroatoms. The van der Waals surface area contributed by atoms with E-state index in [0.717, 1.165) is 38.8 Å². The average Bonchev–Trinajstić information content (AvgIpc) is 2.61. The van der Waals surface area contributed by atoms with E-state index in [1.807, 2.05) is 6.92 Å². The Balaban J connectivity index is 1.78. The number of carbonyl (C=O) groups excluding carboxylic acids is 1. The first-order valence-corrected chi connectivity index (χ1v) is 7.85. The van der Waals surface area contributed by atoms with Crippen molar-refractivity contribution in [3.63, 3.8) is 0 Å². The zero-order chi connectivity index (χ0) is 13.7. The Morgan fingerprint density at radius 2 is 2.11 bits per heavy atom. The molecule has 0 spiro atoms. The molecule has 1 heterocycles. The van der Waals surface area contributed by atoms with E-state index in [0.29, 0.717) is 30.9 Å². The van der Waals surface area contributed by atoms with Crippen LogP contribution in [0.4, 0.5) is 0 Å². The molecule has 1 amide bonds. The van der Waals surface area contributed by atoms with Crippen molar-refractivity contribution in [2.75, 3.05) is 19.7 Å². The molecule has 2 aliphatic rings. The lowest BCUT2D eigenvalue weighted by Crippen LogP contribution is -2.46. The molecule has 0 aromatic rings. The number of amides is 1. The number of rotatable bonds is 5. The van der Waals surface area contributed by atoms with Gasteiger partial charge in [0.1, 0.15) is 0 Å². The van der Waals surface area contributed by atoms with E-state index in [2.05, 4.69) is 4.90 Å². The second kappa shape index (κ2) is 7.25. The summed E-state index contributed by atoms with van der Waals surface area (Å²) in [6, 6.07) is 0.276. The minimum absolute atomic E-state index is 0.276. The number of carbonyl (C=O) groups is 1. The lowest BCUT2D eigenvalue weighted by molar-refractivity contribution is -0.136. The molecule has 1 unspecified atom stereocenters. The lowest BCUT2D eigenvalue weighted by Gasteiger charge is -2.37. The van der Waals surface area contributed by atoms with E-state index in [-0.39, 0.29) is 6.04 Å². The molecule has 0 bridgehead atoms. The highest BCUT2D eigenvalue weighted by Gasteiger charge is 2.33. The van der Waals surface area contributed by atoms with E-state index in [4.69, 9.17) is 10.5 Å². The van der Waals surface area contributed by atoms with Crippen molar-refractivity contribution in [3.05, 3.63) is 0 Å². The van der Waals surface area contributed by atoms with Crippen molar-refractivity contribution >= 4 is 5.91 Å². The Kier molecular flexibility index (Phi) is 5.64. The molecular formula is C15H28N2O2. The van der Waals surface area contributed by atoms with Crippen LogP contribution in [0, 0.1) is 5.92 Å². The minimum Gasteiger partial charge on any atom is -0.378 e. The summed E-state index contributed by atoms with van der Waals surface area (Å²) in [6.07, 6.45) is 7.86. The molecule has 1 atom stereocenters. The zero-order valence-electron chi connectivity index (χ0n) is 12.1. The number of ether oxygens (including phenoxy) is 1. The van der Waals surface area contributed by atoms with Gasteiger partial charge in [-0.2, -0.15) is 0 Å². The number of likely N-dealkylation sites (tertiary alicyclic amines) is 1. The predicted octanol–water partition coefficient (Wildman–Crippen LogP) is 1.92. The van der Waals surface area contributed by atoms with Crippen LogP contribution in [0.5, 0.6) is 0 Å². The average molecular weight is 268 g/mol. The van der Waals surface area contributed by atoms with Crippen molar-refractivity contribution in [2.45, 2.75) is 64.0 Å². The van der Waals surface area contributed by atoms with Gasteiger partial charge in [0.25, 0.3) is 0 Å². The summed E-state index contributed by atoms with van der Waals surface area (Å²) >= 11 is 0. The van der Waals surface area contributed by atoms with E-state index in [9.17, 15) is 4.79 Å². The smallest absolute Gasteiger partial charge is 0.223 e. The summed E-state index contributed by atoms with van der Waals surface area (Å²) in [6.45, 7) is 4.33. The molecule has 1 saturated heterocycles. The number of nitrogens with zero attached hydrogens (tertiary/aromatic N) is 1. The third-order valence-electron chi connectivity index (χ3n) is 4.53. The van der Waals surface area contributed by atoms with Crippen molar-refractivity contribution in [3.8, 4) is 0 Å². The van der Waals surface area contributed by atoms with Crippen molar-refractivity contribution in [1.82, 2.24) is 4.90 Å². The zero-order valence-corrected chi connectivity index (χ0v) is 12.1. The highest BCUT2D eigenvalue weighted by atomic mass is 16.5. The Morgan fingerprint density at radius 3 is 2.79 bits per heavy atom. The van der Waals surface area contributed by atoms with Crippen LogP contribution >= 0.6 is 0 Å². The Hall–Kier alpha value is -0.610. The lowest BCUT2D eigenvalue weighted by atomic mass is 9.79. The van der Waals surface area contributed by atoms with Crippen molar-refractivity contribution < 1.29 is 9.53 Å². The normalized spacial score (nSPS) is 31.7. The standard InChI is InChI=1S/C15H28N2O2/c1-2-19-14-8-12(9-14)10-15(18)17-7-5-3-4-6-13(17)11-16/h12-14H,2-11,16H2,1H3. The molecule has 1 aliphatic carbocycles. The summed E-state index contributed by atoms with van der Waals surface area (Å²) in [5.41, 5.74) is 5.83. The van der Waals surface area contributed by atoms with Gasteiger partial charge in [-0.3, -0.25) is 4.79 Å². The largest absolute Gasteiger partial charge is 0.378 e. The maximum atomic E-state index is 12.4. The molecule has 2 fully saturated rings. The van der Waals surface area contributed by atoms with Crippen LogP contribution in [-0.4, -0.2) is 42.6 Å². The maximum Gasteiger partial charge on any atom is 0.223 e. The van der Waals surface area contributed by atoms with Crippen molar-refractivity contribution in [1.29, 1.82) is 0 Å². The third kappa shape index (κ3) is 3.93. The topological polar surface area (TPSA) is 55.6 Å². The van der Waals surface area contributed by atoms with Crippen LogP contribution in [-0.2, 0) is 9.53 Å². The molecule has 2 N–H and O–H groups in total. The van der Waals surface area contributed by atoms with E-state index in [1.54, 1.807) is 0 Å². The first-order chi connectivity index (χ1) is 9.24. The van der Waals surface area contributed by atoms with Gasteiger partial charge in [-0.15, -0.1) is 0 Å². The van der Waals surface area contributed by atoms with Gasteiger partial charge >= 0.3 is 0 Å². The fourth-order valence-electron chi connectivity index (χ4n) is 3.33. The summed E-state index contributed by atoms with van der Waals surface area (Å²) in [7, 11) is 0. The van der Waals surface area contributed by atoms with Crippen LogP contribution in [0.15, 0.2) is 0 Å². The van der Waals surface area contributed by atoms with Crippen LogP contribution in [0.3, 0.4) is 0 Å². The quantitative estimate of drug-likeness (QED) is 0.829. The van der Waals surface area contributed by atoms with Gasteiger partial charge < -0.3 is 15.4 Å². The second-order valence-corrected chi connectivity index (χ2v) is 5.94. The SMILES string of the molecule is CCOC1CC(CC(=O)N2CCCCCC2CN)C1. The molecule has 19 heavy (non-hydrogen) atoms. The first-order valence-electron chi connectivity index (χ1n) is 7.85. The van der Waals surface area contributed by atoms with Gasteiger partial charge in [-0.1, -0.05) is 12.8 Å². The van der Waals surface area contributed by atoms with Gasteiger partial charge in [-0.05, 0) is 38.5 Å². The van der Waals surface area contributed by atoms with Gasteiger partial charge in [0.15, 0.2) is 0 Å². The fourth-order valence-corrected chi connectivity index (χ4v) is 3.33. The monoisotopic (exact) mass is 268 g/mol. The molecule has 4 nitrogen and oxygen atoms in total. The fraction of sp³-hybridized carbons (Fsp3) is 0.933. The predicted molar refractivity (Wildman–Crippen MR) is 75.8 cm³/mol. The van der Waals surface area contributed by atoms with Crippen LogP contribution in [0.2, 0.25) is 0 Å². The molecule has 0 aromatic heterocycles. The van der Waals surface area contributed by atoms with E-state index in [1.165, 1.54) is 12.8 Å². The Morgan fingerprint density at radius 1 is 1.32 bits per heavy atom. The highest BCUT2D eigenvalue weighted by Crippen LogP contribution is 2.33. The Bertz CT molecular complexity index is 290. The molecule has 0 radical (unpaired) electrons.